The van der Waals surface area contributed by atoms with Crippen LogP contribution in [0, 0.1) is 20.2 Å². The largest absolute Gasteiger partial charge is 0.441 e. The van der Waals surface area contributed by atoms with Gasteiger partial charge in [0.05, 0.1) is 14.9 Å². The summed E-state index contributed by atoms with van der Waals surface area (Å²) in [6.45, 7) is 0. The van der Waals surface area contributed by atoms with Crippen molar-refractivity contribution in [2.24, 2.45) is 0 Å². The number of para-hydroxylation sites is 2. The summed E-state index contributed by atoms with van der Waals surface area (Å²) >= 11 is 5.86. The van der Waals surface area contributed by atoms with E-state index in [2.05, 4.69) is 0 Å². The number of rotatable bonds is 4. The Labute approximate surface area is 123 Å². The van der Waals surface area contributed by atoms with E-state index in [0.29, 0.717) is 0 Å². The smallest absolute Gasteiger partial charge is 0.334 e. The van der Waals surface area contributed by atoms with Gasteiger partial charge in [0.25, 0.3) is 0 Å². The number of hydrogen-bond acceptors (Lipinski definition) is 6. The Hall–Kier alpha value is -2.87. The first kappa shape index (κ1) is 14.5. The van der Waals surface area contributed by atoms with Crippen LogP contribution in [0.5, 0.6) is 11.5 Å². The summed E-state index contributed by atoms with van der Waals surface area (Å²) in [7, 11) is 0. The van der Waals surface area contributed by atoms with Gasteiger partial charge in [-0.15, -0.1) is 0 Å². The van der Waals surface area contributed by atoms with E-state index in [1.54, 1.807) is 0 Å². The van der Waals surface area contributed by atoms with Gasteiger partial charge in [0.2, 0.25) is 11.5 Å². The lowest BCUT2D eigenvalue weighted by atomic mass is 10.2. The normalized spacial score (nSPS) is 10.1. The maximum absolute atomic E-state index is 11.0. The molecule has 0 atom stereocenters. The van der Waals surface area contributed by atoms with Crippen molar-refractivity contribution < 1.29 is 14.6 Å². The fraction of sp³-hybridized carbons (Fsp3) is 0. The molecule has 0 spiro atoms. The van der Waals surface area contributed by atoms with E-state index in [9.17, 15) is 20.2 Å². The molecular weight excluding hydrogens is 302 g/mol. The van der Waals surface area contributed by atoms with Gasteiger partial charge in [-0.05, 0) is 18.2 Å². The number of benzene rings is 2. The van der Waals surface area contributed by atoms with Crippen LogP contribution in [0.1, 0.15) is 0 Å². The molecule has 0 fully saturated rings. The molecule has 0 amide bonds. The third-order valence-corrected chi connectivity index (χ3v) is 2.87. The molecule has 0 heterocycles. The molecule has 2 rings (SSSR count). The maximum atomic E-state index is 11.0. The Morgan fingerprint density at radius 1 is 1.05 bits per heavy atom. The molecule has 0 unspecified atom stereocenters. The second-order valence-corrected chi connectivity index (χ2v) is 4.31. The molecule has 0 bridgehead atoms. The Morgan fingerprint density at radius 2 is 1.71 bits per heavy atom. The van der Waals surface area contributed by atoms with Crippen LogP contribution in [0.15, 0.2) is 36.4 Å². The SMILES string of the molecule is Nc1cccc(Oc2c(Cl)cccc2[N+](=O)[O-])c1[N+](=O)[O-]. The van der Waals surface area contributed by atoms with Crippen molar-refractivity contribution in [3.8, 4) is 11.5 Å². The van der Waals surface area contributed by atoms with E-state index in [4.69, 9.17) is 22.1 Å². The van der Waals surface area contributed by atoms with E-state index >= 15 is 0 Å². The molecule has 2 aromatic rings. The Kier molecular flexibility index (Phi) is 3.90. The number of nitrogens with two attached hydrogens (primary N) is 1. The van der Waals surface area contributed by atoms with Gasteiger partial charge in [-0.25, -0.2) is 0 Å². The topological polar surface area (TPSA) is 122 Å². The van der Waals surface area contributed by atoms with E-state index in [1.807, 2.05) is 0 Å². The average Bonchev–Trinajstić information content (AvgIpc) is 2.40. The molecule has 0 radical (unpaired) electrons. The van der Waals surface area contributed by atoms with Gasteiger partial charge in [0, 0.05) is 6.07 Å². The molecule has 0 aliphatic carbocycles. The van der Waals surface area contributed by atoms with Gasteiger partial charge in [0.15, 0.2) is 0 Å². The van der Waals surface area contributed by atoms with Gasteiger partial charge < -0.3 is 10.5 Å². The van der Waals surface area contributed by atoms with Crippen LogP contribution in [0.3, 0.4) is 0 Å². The molecule has 0 aliphatic heterocycles. The number of nitrogens with zero attached hydrogens (tertiary/aromatic N) is 2. The van der Waals surface area contributed by atoms with Crippen LogP contribution >= 0.6 is 11.6 Å². The van der Waals surface area contributed by atoms with Gasteiger partial charge in [-0.3, -0.25) is 20.2 Å². The van der Waals surface area contributed by atoms with Crippen molar-refractivity contribution >= 4 is 28.7 Å². The van der Waals surface area contributed by atoms with Crippen LogP contribution < -0.4 is 10.5 Å². The molecule has 21 heavy (non-hydrogen) atoms. The minimum atomic E-state index is -0.729. The lowest BCUT2D eigenvalue weighted by molar-refractivity contribution is -0.387. The van der Waals surface area contributed by atoms with E-state index in [0.717, 1.165) is 0 Å². The predicted octanol–water partition coefficient (Wildman–Crippen LogP) is 3.53. The number of nitro groups is 2. The summed E-state index contributed by atoms with van der Waals surface area (Å²) in [5, 5.41) is 21.9. The highest BCUT2D eigenvalue weighted by Crippen LogP contribution is 2.42. The molecule has 0 saturated carbocycles. The minimum absolute atomic E-state index is 0.0408. The van der Waals surface area contributed by atoms with Crippen LogP contribution in [0.2, 0.25) is 5.02 Å². The first-order chi connectivity index (χ1) is 9.91. The van der Waals surface area contributed by atoms with Crippen LogP contribution in [0.25, 0.3) is 0 Å². The highest BCUT2D eigenvalue weighted by Gasteiger charge is 2.25. The van der Waals surface area contributed by atoms with Crippen molar-refractivity contribution in [2.45, 2.75) is 0 Å². The standard InChI is InChI=1S/C12H8ClN3O5/c13-7-3-1-5-9(15(17)18)12(7)21-10-6-2-4-8(14)11(10)16(19)20/h1-6H,14H2. The molecule has 108 valence electrons. The Bertz CT molecular complexity index is 735. The average molecular weight is 310 g/mol. The third kappa shape index (κ3) is 2.84. The Balaban J connectivity index is 2.56. The highest BCUT2D eigenvalue weighted by molar-refractivity contribution is 6.32. The van der Waals surface area contributed by atoms with Crippen molar-refractivity contribution in [1.82, 2.24) is 0 Å². The molecule has 0 aliphatic rings. The van der Waals surface area contributed by atoms with E-state index < -0.39 is 21.2 Å². The summed E-state index contributed by atoms with van der Waals surface area (Å²) in [4.78, 5) is 20.5. The number of halogens is 1. The second kappa shape index (κ2) is 5.63. The Morgan fingerprint density at radius 3 is 2.33 bits per heavy atom. The zero-order valence-electron chi connectivity index (χ0n) is 10.4. The predicted molar refractivity (Wildman–Crippen MR) is 75.7 cm³/mol. The van der Waals surface area contributed by atoms with Gasteiger partial charge in [-0.2, -0.15) is 0 Å². The number of ether oxygens (including phenoxy) is 1. The molecule has 2 aromatic carbocycles. The minimum Gasteiger partial charge on any atom is -0.441 e. The monoisotopic (exact) mass is 309 g/mol. The lowest BCUT2D eigenvalue weighted by Crippen LogP contribution is -2.00. The maximum Gasteiger partial charge on any atom is 0.334 e. The van der Waals surface area contributed by atoms with Crippen molar-refractivity contribution in [2.75, 3.05) is 5.73 Å². The van der Waals surface area contributed by atoms with Gasteiger partial charge >= 0.3 is 11.4 Å². The lowest BCUT2D eigenvalue weighted by Gasteiger charge is -2.09. The fourth-order valence-corrected chi connectivity index (χ4v) is 1.88. The second-order valence-electron chi connectivity index (χ2n) is 3.90. The molecule has 2 N–H and O–H groups in total. The molecule has 9 heteroatoms. The molecule has 8 nitrogen and oxygen atoms in total. The zero-order valence-corrected chi connectivity index (χ0v) is 11.1. The molecular formula is C12H8ClN3O5. The number of nitrogen functional groups attached to an aromatic ring is 1. The van der Waals surface area contributed by atoms with Crippen molar-refractivity contribution in [3.63, 3.8) is 0 Å². The summed E-state index contributed by atoms with van der Waals surface area (Å²) in [6.07, 6.45) is 0. The summed E-state index contributed by atoms with van der Waals surface area (Å²) in [5.41, 5.74) is 4.52. The van der Waals surface area contributed by atoms with Crippen LogP contribution in [-0.4, -0.2) is 9.85 Å². The highest BCUT2D eigenvalue weighted by atomic mass is 35.5. The van der Waals surface area contributed by atoms with Crippen molar-refractivity contribution in [3.05, 3.63) is 61.6 Å². The number of nitro benzene ring substituents is 2. The first-order valence-corrected chi connectivity index (χ1v) is 5.93. The zero-order chi connectivity index (χ0) is 15.6. The van der Waals surface area contributed by atoms with Crippen LogP contribution in [-0.2, 0) is 0 Å². The number of anilines is 1. The molecule has 0 saturated heterocycles. The van der Waals surface area contributed by atoms with Gasteiger partial charge in [0.1, 0.15) is 5.69 Å². The summed E-state index contributed by atoms with van der Waals surface area (Å²) in [5.74, 6) is -0.505. The summed E-state index contributed by atoms with van der Waals surface area (Å²) in [6, 6.07) is 7.97. The summed E-state index contributed by atoms with van der Waals surface area (Å²) < 4.78 is 5.28. The first-order valence-electron chi connectivity index (χ1n) is 5.55. The van der Waals surface area contributed by atoms with E-state index in [-0.39, 0.29) is 22.2 Å². The molecule has 0 aromatic heterocycles. The third-order valence-electron chi connectivity index (χ3n) is 2.57. The van der Waals surface area contributed by atoms with Crippen molar-refractivity contribution in [1.29, 1.82) is 0 Å². The fourth-order valence-electron chi connectivity index (χ4n) is 1.67. The quantitative estimate of drug-likeness (QED) is 0.523. The van der Waals surface area contributed by atoms with Crippen LogP contribution in [0.4, 0.5) is 17.1 Å². The van der Waals surface area contributed by atoms with Gasteiger partial charge in [-0.1, -0.05) is 23.7 Å². The number of hydrogen-bond donors (Lipinski definition) is 1. The van der Waals surface area contributed by atoms with E-state index in [1.165, 1.54) is 36.4 Å².